The van der Waals surface area contributed by atoms with Gasteiger partial charge in [-0.05, 0) is 12.0 Å². The monoisotopic (exact) mass is 367 g/mol. The van der Waals surface area contributed by atoms with Crippen LogP contribution in [0.25, 0.3) is 5.57 Å². The van der Waals surface area contributed by atoms with Crippen LogP contribution in [-0.2, 0) is 4.74 Å². The molecule has 1 aliphatic heterocycles. The Morgan fingerprint density at radius 1 is 1.25 bits per heavy atom. The number of β-amino-alcohol motifs (C(OH)–C–C–N with tert-alkyl or cyclic N) is 1. The first-order valence-corrected chi connectivity index (χ1v) is 8.35. The van der Waals surface area contributed by atoms with E-state index in [-0.39, 0.29) is 26.4 Å². The van der Waals surface area contributed by atoms with Gasteiger partial charge in [-0.1, -0.05) is 6.08 Å². The van der Waals surface area contributed by atoms with Crippen molar-refractivity contribution in [3.05, 3.63) is 11.8 Å². The smallest absolute Gasteiger partial charge is 0.391 e. The molecule has 1 N–H and O–H groups in total. The highest BCUT2D eigenvalue weighted by Crippen LogP contribution is 2.27. The molecule has 6 nitrogen and oxygen atoms in total. The third-order valence-corrected chi connectivity index (χ3v) is 3.92. The molecule has 0 radical (unpaired) electrons. The Morgan fingerprint density at radius 2 is 2.08 bits per heavy atom. The predicted molar refractivity (Wildman–Crippen MR) is 83.0 cm³/mol. The lowest BCUT2D eigenvalue weighted by Gasteiger charge is -2.25. The molecule has 0 saturated heterocycles. The van der Waals surface area contributed by atoms with Crippen molar-refractivity contribution < 1.29 is 27.8 Å². The minimum atomic E-state index is -4.21. The van der Waals surface area contributed by atoms with E-state index in [1.165, 1.54) is 0 Å². The van der Waals surface area contributed by atoms with Crippen molar-refractivity contribution in [3.8, 4) is 5.88 Å². The number of alkyl halides is 3. The molecule has 0 bridgehead atoms. The summed E-state index contributed by atoms with van der Waals surface area (Å²) in [4.78, 5) is 2.11. The van der Waals surface area contributed by atoms with Gasteiger partial charge in [0.25, 0.3) is 5.88 Å². The van der Waals surface area contributed by atoms with Crippen LogP contribution in [0.4, 0.5) is 13.2 Å². The molecule has 0 aromatic carbocycles. The Kier molecular flexibility index (Phi) is 7.40. The minimum Gasteiger partial charge on any atom is -0.473 e. The lowest BCUT2D eigenvalue weighted by molar-refractivity contribution is -0.145. The maximum absolute atomic E-state index is 12.0. The second kappa shape index (κ2) is 9.30. The topological polar surface area (TPSA) is 67.7 Å². The molecule has 0 fully saturated rings. The molecule has 1 aromatic rings. The van der Waals surface area contributed by atoms with Gasteiger partial charge in [-0.15, -0.1) is 4.37 Å². The van der Waals surface area contributed by atoms with Gasteiger partial charge in [0.1, 0.15) is 12.3 Å². The average Bonchev–Trinajstić information content (AvgIpc) is 2.99. The van der Waals surface area contributed by atoms with E-state index in [0.717, 1.165) is 30.3 Å². The summed E-state index contributed by atoms with van der Waals surface area (Å²) < 4.78 is 54.6. The van der Waals surface area contributed by atoms with Gasteiger partial charge in [-0.25, -0.2) is 0 Å². The number of rotatable bonds is 9. The molecule has 0 atom stereocenters. The van der Waals surface area contributed by atoms with Crippen LogP contribution in [-0.4, -0.2) is 71.0 Å². The van der Waals surface area contributed by atoms with Crippen molar-refractivity contribution >= 4 is 17.3 Å². The highest BCUT2D eigenvalue weighted by molar-refractivity contribution is 6.99. The van der Waals surface area contributed by atoms with E-state index in [1.807, 2.05) is 0 Å². The summed E-state index contributed by atoms with van der Waals surface area (Å²) in [5, 5.41) is 9.03. The van der Waals surface area contributed by atoms with Gasteiger partial charge in [0.2, 0.25) is 0 Å². The summed E-state index contributed by atoms with van der Waals surface area (Å²) in [7, 11) is 0. The van der Waals surface area contributed by atoms with E-state index < -0.39 is 12.6 Å². The fourth-order valence-corrected chi connectivity index (χ4v) is 2.80. The van der Waals surface area contributed by atoms with E-state index in [1.54, 1.807) is 0 Å². The Hall–Kier alpha value is -1.23. The van der Waals surface area contributed by atoms with Crippen molar-refractivity contribution in [2.45, 2.75) is 19.0 Å². The van der Waals surface area contributed by atoms with E-state index in [9.17, 15) is 13.2 Å². The third kappa shape index (κ3) is 6.34. The highest BCUT2D eigenvalue weighted by atomic mass is 32.1. The molecule has 0 unspecified atom stereocenters. The maximum atomic E-state index is 12.0. The first kappa shape index (κ1) is 19.1. The van der Waals surface area contributed by atoms with Crippen molar-refractivity contribution in [3.63, 3.8) is 0 Å². The minimum absolute atomic E-state index is 0.0583. The van der Waals surface area contributed by atoms with Crippen molar-refractivity contribution in [1.82, 2.24) is 13.6 Å². The molecule has 0 saturated carbocycles. The number of hydrogen-bond acceptors (Lipinski definition) is 7. The van der Waals surface area contributed by atoms with Crippen LogP contribution < -0.4 is 4.74 Å². The first-order valence-electron chi connectivity index (χ1n) is 7.62. The van der Waals surface area contributed by atoms with Crippen molar-refractivity contribution in [2.75, 3.05) is 46.1 Å². The van der Waals surface area contributed by atoms with Gasteiger partial charge >= 0.3 is 6.18 Å². The quantitative estimate of drug-likeness (QED) is 0.673. The van der Waals surface area contributed by atoms with E-state index in [4.69, 9.17) is 14.6 Å². The number of aromatic nitrogens is 2. The molecule has 24 heavy (non-hydrogen) atoms. The maximum Gasteiger partial charge on any atom is 0.391 e. The van der Waals surface area contributed by atoms with Crippen LogP contribution in [0.1, 0.15) is 18.5 Å². The number of halogens is 3. The van der Waals surface area contributed by atoms with Gasteiger partial charge in [-0.3, -0.25) is 4.90 Å². The zero-order chi connectivity index (χ0) is 17.4. The zero-order valence-electron chi connectivity index (χ0n) is 13.1. The van der Waals surface area contributed by atoms with Crippen molar-refractivity contribution in [2.24, 2.45) is 0 Å². The molecule has 10 heteroatoms. The Balaban J connectivity index is 1.77. The Morgan fingerprint density at radius 3 is 2.83 bits per heavy atom. The first-order chi connectivity index (χ1) is 11.5. The van der Waals surface area contributed by atoms with Crippen LogP contribution in [0.2, 0.25) is 0 Å². The normalized spacial score (nSPS) is 16.2. The molecule has 136 valence electrons. The molecule has 2 rings (SSSR count). The van der Waals surface area contributed by atoms with Crippen LogP contribution >= 0.6 is 11.7 Å². The lowest BCUT2D eigenvalue weighted by atomic mass is 10.1. The summed E-state index contributed by atoms with van der Waals surface area (Å²) in [5.74, 6) is 0.372. The number of ether oxygens (including phenoxy) is 2. The molecular weight excluding hydrogens is 347 g/mol. The van der Waals surface area contributed by atoms with E-state index in [0.29, 0.717) is 24.7 Å². The van der Waals surface area contributed by atoms with Crippen LogP contribution in [0.5, 0.6) is 5.88 Å². The van der Waals surface area contributed by atoms with E-state index in [2.05, 4.69) is 19.7 Å². The summed E-state index contributed by atoms with van der Waals surface area (Å²) in [6.07, 6.45) is -2.25. The van der Waals surface area contributed by atoms with Crippen LogP contribution in [0, 0.1) is 0 Å². The molecule has 0 amide bonds. The Bertz CT molecular complexity index is 537. The van der Waals surface area contributed by atoms with Gasteiger partial charge < -0.3 is 14.6 Å². The average molecular weight is 367 g/mol. The Labute approximate surface area is 142 Å². The zero-order valence-corrected chi connectivity index (χ0v) is 13.9. The summed E-state index contributed by atoms with van der Waals surface area (Å²) in [6, 6.07) is 0. The summed E-state index contributed by atoms with van der Waals surface area (Å²) in [5.41, 5.74) is 1.63. The molecule has 0 aliphatic carbocycles. The molecular formula is C14H20F3N3O3S. The molecule has 1 aliphatic rings. The van der Waals surface area contributed by atoms with Crippen LogP contribution in [0.15, 0.2) is 6.08 Å². The standard InChI is InChI=1S/C14H20F3N3O3S/c15-14(16,17)3-7-22-8-9-23-13-12(18-24-19-13)11-2-1-4-20(10-11)5-6-21/h2,21H,1,3-10H2. The SMILES string of the molecule is OCCN1CCC=C(c2nsnc2OCCOCCC(F)(F)F)C1. The predicted octanol–water partition coefficient (Wildman–Crippen LogP) is 1.97. The fraction of sp³-hybridized carbons (Fsp3) is 0.714. The number of nitrogens with zero attached hydrogens (tertiary/aromatic N) is 3. The second-order valence-corrected chi connectivity index (χ2v) is 5.79. The second-order valence-electron chi connectivity index (χ2n) is 5.26. The van der Waals surface area contributed by atoms with E-state index >= 15 is 0 Å². The number of aliphatic hydroxyl groups excluding tert-OH is 1. The van der Waals surface area contributed by atoms with Crippen LogP contribution in [0.3, 0.4) is 0 Å². The van der Waals surface area contributed by atoms with Gasteiger partial charge in [-0.2, -0.15) is 17.5 Å². The van der Waals surface area contributed by atoms with Gasteiger partial charge in [0.15, 0.2) is 0 Å². The molecule has 0 spiro atoms. The largest absolute Gasteiger partial charge is 0.473 e. The highest BCUT2D eigenvalue weighted by Gasteiger charge is 2.26. The third-order valence-electron chi connectivity index (χ3n) is 3.41. The fourth-order valence-electron chi connectivity index (χ4n) is 2.27. The number of hydrogen-bond donors (Lipinski definition) is 1. The van der Waals surface area contributed by atoms with Gasteiger partial charge in [0.05, 0.1) is 38.0 Å². The van der Waals surface area contributed by atoms with Crippen molar-refractivity contribution in [1.29, 1.82) is 0 Å². The summed E-state index contributed by atoms with van der Waals surface area (Å²) in [6.45, 7) is 2.03. The number of aliphatic hydroxyl groups is 1. The lowest BCUT2D eigenvalue weighted by Crippen LogP contribution is -2.32. The molecule has 1 aromatic heterocycles. The van der Waals surface area contributed by atoms with Gasteiger partial charge in [0, 0.05) is 19.6 Å². The molecule has 2 heterocycles. The summed E-state index contributed by atoms with van der Waals surface area (Å²) >= 11 is 1.02.